The third-order valence-corrected chi connectivity index (χ3v) is 4.28. The van der Waals surface area contributed by atoms with E-state index >= 15 is 0 Å². The van der Waals surface area contributed by atoms with Crippen LogP contribution in [0.1, 0.15) is 0 Å². The fraction of sp³-hybridized carbons (Fsp3) is 0.133. The highest BCUT2D eigenvalue weighted by atomic mass is 32.1. The molecule has 1 aromatic heterocycles. The van der Waals surface area contributed by atoms with Gasteiger partial charge in [0.1, 0.15) is 16.4 Å². The van der Waals surface area contributed by atoms with Crippen molar-refractivity contribution in [1.82, 2.24) is 4.98 Å². The number of thiazole rings is 1. The van der Waals surface area contributed by atoms with Crippen LogP contribution in [-0.4, -0.2) is 19.1 Å². The molecule has 106 valence electrons. The van der Waals surface area contributed by atoms with Crippen molar-refractivity contribution in [2.75, 3.05) is 19.5 Å². The van der Waals surface area contributed by atoms with Gasteiger partial charge in [0.2, 0.25) is 0 Å². The molecule has 6 heteroatoms. The Bertz CT molecular complexity index is 814. The van der Waals surface area contributed by atoms with Crippen molar-refractivity contribution in [3.05, 3.63) is 41.3 Å². The molecule has 0 amide bonds. The van der Waals surface area contributed by atoms with Crippen LogP contribution in [0, 0.1) is 4.91 Å². The van der Waals surface area contributed by atoms with Gasteiger partial charge in [-0.1, -0.05) is 0 Å². The molecule has 0 atom stereocenters. The lowest BCUT2D eigenvalue weighted by Gasteiger charge is -2.03. The highest BCUT2D eigenvalue weighted by Gasteiger charge is 2.10. The number of nitrogens with zero attached hydrogens (tertiary/aromatic N) is 2. The first-order valence-electron chi connectivity index (χ1n) is 6.35. The zero-order valence-corrected chi connectivity index (χ0v) is 12.4. The summed E-state index contributed by atoms with van der Waals surface area (Å²) in [5, 5.41) is 6.85. The number of ether oxygens (including phenoxy) is 1. The number of fused-ring (bicyclic) bond motifs is 1. The number of aromatic nitrogens is 1. The van der Waals surface area contributed by atoms with E-state index in [1.807, 2.05) is 30.3 Å². The molecule has 3 rings (SSSR count). The molecule has 0 aliphatic carbocycles. The van der Waals surface area contributed by atoms with E-state index in [-0.39, 0.29) is 0 Å². The monoisotopic (exact) mass is 299 g/mol. The van der Waals surface area contributed by atoms with Crippen molar-refractivity contribution < 1.29 is 4.74 Å². The first kappa shape index (κ1) is 13.5. The molecule has 0 radical (unpaired) electrons. The third kappa shape index (κ3) is 2.45. The van der Waals surface area contributed by atoms with Crippen molar-refractivity contribution in [2.45, 2.75) is 0 Å². The van der Waals surface area contributed by atoms with Gasteiger partial charge in [-0.2, -0.15) is 0 Å². The predicted molar refractivity (Wildman–Crippen MR) is 86.6 cm³/mol. The van der Waals surface area contributed by atoms with Gasteiger partial charge in [0, 0.05) is 12.6 Å². The van der Waals surface area contributed by atoms with Gasteiger partial charge in [-0.05, 0) is 41.6 Å². The smallest absolute Gasteiger partial charge is 0.131 e. The number of anilines is 1. The minimum atomic E-state index is 0.381. The number of benzene rings is 2. The van der Waals surface area contributed by atoms with Gasteiger partial charge in [-0.25, -0.2) is 4.98 Å². The van der Waals surface area contributed by atoms with Crippen LogP contribution in [0.25, 0.3) is 20.8 Å². The number of hydrogen-bond donors (Lipinski definition) is 1. The largest absolute Gasteiger partial charge is 0.497 e. The summed E-state index contributed by atoms with van der Waals surface area (Å²) in [5.41, 5.74) is 2.88. The van der Waals surface area contributed by atoms with E-state index in [4.69, 9.17) is 4.74 Å². The van der Waals surface area contributed by atoms with Crippen LogP contribution < -0.4 is 10.1 Å². The minimum Gasteiger partial charge on any atom is -0.497 e. The van der Waals surface area contributed by atoms with Gasteiger partial charge in [-0.15, -0.1) is 16.2 Å². The molecule has 1 heterocycles. The minimum absolute atomic E-state index is 0.381. The second-order valence-corrected chi connectivity index (χ2v) is 5.46. The molecule has 0 aliphatic rings. The lowest BCUT2D eigenvalue weighted by molar-refractivity contribution is 0.415. The molecule has 1 N–H and O–H groups in total. The molecular weight excluding hydrogens is 286 g/mol. The molecule has 0 bridgehead atoms. The Morgan fingerprint density at radius 1 is 1.24 bits per heavy atom. The van der Waals surface area contributed by atoms with Gasteiger partial charge in [0.15, 0.2) is 0 Å². The van der Waals surface area contributed by atoms with Gasteiger partial charge < -0.3 is 10.1 Å². The molecule has 0 saturated carbocycles. The van der Waals surface area contributed by atoms with Crippen LogP contribution in [-0.2, 0) is 0 Å². The molecule has 21 heavy (non-hydrogen) atoms. The highest BCUT2D eigenvalue weighted by Crippen LogP contribution is 2.35. The van der Waals surface area contributed by atoms with Crippen molar-refractivity contribution >= 4 is 32.9 Å². The summed E-state index contributed by atoms with van der Waals surface area (Å²) in [6.45, 7) is 0. The second kappa shape index (κ2) is 5.49. The standard InChI is InChI=1S/C15H13N3O2S/c1-16-11-5-3-9(7-13(11)18-19)15-17-12-6-4-10(20-2)8-14(12)21-15/h3-8,16H,1-2H3. The second-order valence-electron chi connectivity index (χ2n) is 4.43. The topological polar surface area (TPSA) is 63.6 Å². The molecule has 0 unspecified atom stereocenters. The van der Waals surface area contributed by atoms with Gasteiger partial charge in [0.25, 0.3) is 0 Å². The lowest BCUT2D eigenvalue weighted by Crippen LogP contribution is -1.88. The Morgan fingerprint density at radius 2 is 2.10 bits per heavy atom. The van der Waals surface area contributed by atoms with Crippen molar-refractivity contribution in [3.8, 4) is 16.3 Å². The quantitative estimate of drug-likeness (QED) is 0.725. The predicted octanol–water partition coefficient (Wildman–Crippen LogP) is 4.41. The summed E-state index contributed by atoms with van der Waals surface area (Å²) in [4.78, 5) is 15.5. The summed E-state index contributed by atoms with van der Waals surface area (Å²) in [6, 6.07) is 11.3. The van der Waals surface area contributed by atoms with E-state index in [1.54, 1.807) is 31.6 Å². The van der Waals surface area contributed by atoms with E-state index in [2.05, 4.69) is 15.5 Å². The normalized spacial score (nSPS) is 10.6. The maximum atomic E-state index is 10.9. The molecular formula is C15H13N3O2S. The van der Waals surface area contributed by atoms with E-state index in [9.17, 15) is 4.91 Å². The fourth-order valence-corrected chi connectivity index (χ4v) is 3.10. The lowest BCUT2D eigenvalue weighted by atomic mass is 10.2. The highest BCUT2D eigenvalue weighted by molar-refractivity contribution is 7.21. The number of nitroso groups, excluding NO2 is 1. The van der Waals surface area contributed by atoms with Crippen LogP contribution in [0.3, 0.4) is 0 Å². The number of hydrogen-bond acceptors (Lipinski definition) is 6. The Labute approximate surface area is 125 Å². The first-order chi connectivity index (χ1) is 10.2. The first-order valence-corrected chi connectivity index (χ1v) is 7.17. The van der Waals surface area contributed by atoms with Gasteiger partial charge >= 0.3 is 0 Å². The SMILES string of the molecule is CNc1ccc(-c2nc3ccc(OC)cc3s2)cc1N=O. The van der Waals surface area contributed by atoms with Crippen LogP contribution in [0.2, 0.25) is 0 Å². The zero-order chi connectivity index (χ0) is 14.8. The molecule has 5 nitrogen and oxygen atoms in total. The van der Waals surface area contributed by atoms with E-state index in [1.165, 1.54) is 0 Å². The maximum absolute atomic E-state index is 10.9. The third-order valence-electron chi connectivity index (χ3n) is 3.21. The Balaban J connectivity index is 2.09. The zero-order valence-electron chi connectivity index (χ0n) is 11.6. The number of rotatable bonds is 4. The molecule has 0 spiro atoms. The van der Waals surface area contributed by atoms with Crippen LogP contribution >= 0.6 is 11.3 Å². The summed E-state index contributed by atoms with van der Waals surface area (Å²) in [7, 11) is 3.40. The fourth-order valence-electron chi connectivity index (χ4n) is 2.11. The van der Waals surface area contributed by atoms with E-state index < -0.39 is 0 Å². The summed E-state index contributed by atoms with van der Waals surface area (Å²) in [5.74, 6) is 0.804. The average Bonchev–Trinajstić information content (AvgIpc) is 2.96. The summed E-state index contributed by atoms with van der Waals surface area (Å²) in [6.07, 6.45) is 0. The van der Waals surface area contributed by atoms with E-state index in [0.717, 1.165) is 26.5 Å². The van der Waals surface area contributed by atoms with Gasteiger partial charge in [0.05, 0.1) is 23.0 Å². The summed E-state index contributed by atoms with van der Waals surface area (Å²) < 4.78 is 6.26. The van der Waals surface area contributed by atoms with Gasteiger partial charge in [-0.3, -0.25) is 0 Å². The van der Waals surface area contributed by atoms with Crippen molar-refractivity contribution in [2.24, 2.45) is 5.18 Å². The van der Waals surface area contributed by atoms with Crippen LogP contribution in [0.15, 0.2) is 41.6 Å². The summed E-state index contributed by atoms with van der Waals surface area (Å²) >= 11 is 1.56. The van der Waals surface area contributed by atoms with Crippen molar-refractivity contribution in [3.63, 3.8) is 0 Å². The molecule has 0 saturated heterocycles. The Kier molecular flexibility index (Phi) is 3.53. The van der Waals surface area contributed by atoms with Crippen LogP contribution in [0.4, 0.5) is 11.4 Å². The average molecular weight is 299 g/mol. The van der Waals surface area contributed by atoms with Crippen molar-refractivity contribution in [1.29, 1.82) is 0 Å². The Hall–Kier alpha value is -2.47. The molecule has 3 aromatic rings. The van der Waals surface area contributed by atoms with Crippen LogP contribution in [0.5, 0.6) is 5.75 Å². The molecule has 2 aromatic carbocycles. The Morgan fingerprint density at radius 3 is 2.81 bits per heavy atom. The molecule has 0 aliphatic heterocycles. The number of methoxy groups -OCH3 is 1. The maximum Gasteiger partial charge on any atom is 0.131 e. The number of nitrogens with one attached hydrogen (secondary N) is 1. The molecule has 0 fully saturated rings. The van der Waals surface area contributed by atoms with E-state index in [0.29, 0.717) is 11.4 Å².